The number of nitrogens with zero attached hydrogens (tertiary/aromatic N) is 1. The molecule has 1 heterocycles. The van der Waals surface area contributed by atoms with E-state index in [1.807, 2.05) is 49.4 Å². The fourth-order valence-electron chi connectivity index (χ4n) is 3.30. The molecule has 1 N–H and O–H groups in total. The summed E-state index contributed by atoms with van der Waals surface area (Å²) in [6, 6.07) is 15.2. The van der Waals surface area contributed by atoms with Crippen molar-refractivity contribution >= 4 is 23.3 Å². The number of piperidine rings is 1. The van der Waals surface area contributed by atoms with Gasteiger partial charge in [0.2, 0.25) is 0 Å². The Bertz CT molecular complexity index is 829. The fourth-order valence-corrected chi connectivity index (χ4v) is 3.30. The number of aryl methyl sites for hydroxylation is 1. The Hall–Kier alpha value is -3.02. The van der Waals surface area contributed by atoms with E-state index in [1.165, 1.54) is 19.3 Å². The van der Waals surface area contributed by atoms with Crippen LogP contribution >= 0.6 is 0 Å². The lowest BCUT2D eigenvalue weighted by atomic mass is 10.1. The van der Waals surface area contributed by atoms with Crippen LogP contribution in [-0.4, -0.2) is 37.7 Å². The number of anilines is 2. The van der Waals surface area contributed by atoms with Gasteiger partial charge in [0.25, 0.3) is 5.91 Å². The van der Waals surface area contributed by atoms with E-state index in [9.17, 15) is 9.59 Å². The molecule has 6 nitrogen and oxygen atoms in total. The van der Waals surface area contributed by atoms with Gasteiger partial charge >= 0.3 is 5.97 Å². The van der Waals surface area contributed by atoms with Crippen molar-refractivity contribution < 1.29 is 19.1 Å². The topological polar surface area (TPSA) is 67.9 Å². The van der Waals surface area contributed by atoms with Gasteiger partial charge in [0.15, 0.2) is 12.7 Å². The van der Waals surface area contributed by atoms with Gasteiger partial charge in [-0.05, 0) is 75.1 Å². The average molecular weight is 396 g/mol. The first kappa shape index (κ1) is 20.7. The van der Waals surface area contributed by atoms with Crippen LogP contribution in [0.4, 0.5) is 11.4 Å². The van der Waals surface area contributed by atoms with Crippen LogP contribution in [-0.2, 0) is 14.3 Å². The van der Waals surface area contributed by atoms with Crippen LogP contribution in [0, 0.1) is 6.92 Å². The molecule has 1 aliphatic rings. The standard InChI is InChI=1S/C23H28N2O4/c1-17-7-6-8-21(15-17)29-18(2)23(27)28-16-22(26)24-19-9-11-20(12-10-19)25-13-4-3-5-14-25/h6-12,15,18H,3-5,13-14,16H2,1-2H3,(H,24,26)/t18-/m0/s1. The van der Waals surface area contributed by atoms with Crippen molar-refractivity contribution in [3.63, 3.8) is 0 Å². The summed E-state index contributed by atoms with van der Waals surface area (Å²) in [5, 5.41) is 2.75. The van der Waals surface area contributed by atoms with Crippen LogP contribution < -0.4 is 15.0 Å². The Kier molecular flexibility index (Phi) is 7.11. The number of carbonyl (C=O) groups excluding carboxylic acids is 2. The molecule has 1 saturated heterocycles. The smallest absolute Gasteiger partial charge is 0.347 e. The number of nitrogens with one attached hydrogen (secondary N) is 1. The van der Waals surface area contributed by atoms with E-state index in [1.54, 1.807) is 13.0 Å². The van der Waals surface area contributed by atoms with Crippen LogP contribution in [0.1, 0.15) is 31.7 Å². The number of hydrogen-bond donors (Lipinski definition) is 1. The predicted molar refractivity (Wildman–Crippen MR) is 113 cm³/mol. The van der Waals surface area contributed by atoms with Crippen LogP contribution in [0.3, 0.4) is 0 Å². The fraction of sp³-hybridized carbons (Fsp3) is 0.391. The van der Waals surface area contributed by atoms with Crippen LogP contribution in [0.2, 0.25) is 0 Å². The third-order valence-electron chi connectivity index (χ3n) is 4.85. The van der Waals surface area contributed by atoms with Gasteiger partial charge in [-0.25, -0.2) is 4.79 Å². The molecular weight excluding hydrogens is 368 g/mol. The molecule has 0 aliphatic carbocycles. The molecule has 1 atom stereocenters. The Balaban J connectivity index is 1.43. The van der Waals surface area contributed by atoms with E-state index >= 15 is 0 Å². The molecule has 3 rings (SSSR count). The number of hydrogen-bond acceptors (Lipinski definition) is 5. The molecule has 0 aromatic heterocycles. The number of ether oxygens (including phenoxy) is 2. The molecule has 6 heteroatoms. The minimum atomic E-state index is -0.798. The van der Waals surface area contributed by atoms with Gasteiger partial charge in [0.05, 0.1) is 0 Å². The Morgan fingerprint density at radius 1 is 1.07 bits per heavy atom. The largest absolute Gasteiger partial charge is 0.479 e. The minimum absolute atomic E-state index is 0.353. The van der Waals surface area contributed by atoms with E-state index in [0.717, 1.165) is 24.3 Å². The summed E-state index contributed by atoms with van der Waals surface area (Å²) < 4.78 is 10.6. The molecule has 0 unspecified atom stereocenters. The van der Waals surface area contributed by atoms with E-state index < -0.39 is 12.1 Å². The SMILES string of the molecule is Cc1cccc(O[C@@H](C)C(=O)OCC(=O)Nc2ccc(N3CCCCC3)cc2)c1. The molecule has 1 fully saturated rings. The predicted octanol–water partition coefficient (Wildman–Crippen LogP) is 3.93. The first-order valence-electron chi connectivity index (χ1n) is 10.1. The molecule has 2 aromatic rings. The molecular formula is C23H28N2O4. The Morgan fingerprint density at radius 3 is 2.48 bits per heavy atom. The van der Waals surface area contributed by atoms with Gasteiger partial charge in [-0.2, -0.15) is 0 Å². The molecule has 29 heavy (non-hydrogen) atoms. The van der Waals surface area contributed by atoms with Crippen molar-refractivity contribution in [1.82, 2.24) is 0 Å². The molecule has 0 saturated carbocycles. The Labute approximate surface area is 171 Å². The van der Waals surface area contributed by atoms with E-state index in [-0.39, 0.29) is 12.5 Å². The first-order valence-corrected chi connectivity index (χ1v) is 10.1. The van der Waals surface area contributed by atoms with Gasteiger partial charge in [0, 0.05) is 24.5 Å². The van der Waals surface area contributed by atoms with Crippen molar-refractivity contribution in [2.45, 2.75) is 39.2 Å². The summed E-state index contributed by atoms with van der Waals surface area (Å²) in [6.07, 6.45) is 2.93. The lowest BCUT2D eigenvalue weighted by Crippen LogP contribution is -2.30. The molecule has 2 aromatic carbocycles. The second-order valence-corrected chi connectivity index (χ2v) is 7.33. The highest BCUT2D eigenvalue weighted by atomic mass is 16.6. The second kappa shape index (κ2) is 9.96. The molecule has 1 amide bonds. The van der Waals surface area contributed by atoms with Crippen LogP contribution in [0.5, 0.6) is 5.75 Å². The maximum absolute atomic E-state index is 12.1. The zero-order valence-electron chi connectivity index (χ0n) is 17.0. The van der Waals surface area contributed by atoms with Crippen molar-refractivity contribution in [3.8, 4) is 5.75 Å². The number of esters is 1. The van der Waals surface area contributed by atoms with Gasteiger partial charge in [0.1, 0.15) is 5.75 Å². The van der Waals surface area contributed by atoms with Crippen molar-refractivity contribution in [2.75, 3.05) is 29.9 Å². The summed E-state index contributed by atoms with van der Waals surface area (Å²) in [5.41, 5.74) is 2.88. The zero-order chi connectivity index (χ0) is 20.6. The van der Waals surface area contributed by atoms with Crippen molar-refractivity contribution in [3.05, 3.63) is 54.1 Å². The third-order valence-corrected chi connectivity index (χ3v) is 4.85. The Morgan fingerprint density at radius 2 is 1.79 bits per heavy atom. The highest BCUT2D eigenvalue weighted by Gasteiger charge is 2.18. The van der Waals surface area contributed by atoms with Gasteiger partial charge in [-0.1, -0.05) is 12.1 Å². The molecule has 154 valence electrons. The third kappa shape index (κ3) is 6.24. The molecule has 0 spiro atoms. The number of amides is 1. The first-order chi connectivity index (χ1) is 14.0. The van der Waals surface area contributed by atoms with E-state index in [2.05, 4.69) is 10.2 Å². The minimum Gasteiger partial charge on any atom is -0.479 e. The summed E-state index contributed by atoms with van der Waals surface area (Å²) in [4.78, 5) is 26.5. The quantitative estimate of drug-likeness (QED) is 0.718. The van der Waals surface area contributed by atoms with Crippen molar-refractivity contribution in [2.24, 2.45) is 0 Å². The van der Waals surface area contributed by atoms with Gasteiger partial charge in [-0.15, -0.1) is 0 Å². The number of carbonyl (C=O) groups is 2. The van der Waals surface area contributed by atoms with Crippen molar-refractivity contribution in [1.29, 1.82) is 0 Å². The maximum Gasteiger partial charge on any atom is 0.347 e. The van der Waals surface area contributed by atoms with Gasteiger partial charge < -0.3 is 19.7 Å². The van der Waals surface area contributed by atoms with E-state index in [0.29, 0.717) is 11.4 Å². The normalized spacial score (nSPS) is 14.8. The molecule has 0 radical (unpaired) electrons. The summed E-state index contributed by atoms with van der Waals surface area (Å²) in [6.45, 7) is 5.34. The molecule has 1 aliphatic heterocycles. The van der Waals surface area contributed by atoms with Crippen LogP contribution in [0.25, 0.3) is 0 Å². The summed E-state index contributed by atoms with van der Waals surface area (Å²) in [5.74, 6) is -0.373. The lowest BCUT2D eigenvalue weighted by Gasteiger charge is -2.28. The number of rotatable bonds is 7. The van der Waals surface area contributed by atoms with Crippen LogP contribution in [0.15, 0.2) is 48.5 Å². The summed E-state index contributed by atoms with van der Waals surface area (Å²) in [7, 11) is 0. The summed E-state index contributed by atoms with van der Waals surface area (Å²) >= 11 is 0. The average Bonchev–Trinajstić information content (AvgIpc) is 2.73. The maximum atomic E-state index is 12.1. The van der Waals surface area contributed by atoms with E-state index in [4.69, 9.17) is 9.47 Å². The lowest BCUT2D eigenvalue weighted by molar-refractivity contribution is -0.153. The number of benzene rings is 2. The monoisotopic (exact) mass is 396 g/mol. The highest BCUT2D eigenvalue weighted by Crippen LogP contribution is 2.21. The highest BCUT2D eigenvalue weighted by molar-refractivity contribution is 5.93. The molecule has 0 bridgehead atoms. The van der Waals surface area contributed by atoms with Gasteiger partial charge in [-0.3, -0.25) is 4.79 Å². The zero-order valence-corrected chi connectivity index (χ0v) is 17.0. The second-order valence-electron chi connectivity index (χ2n) is 7.33.